The van der Waals surface area contributed by atoms with Gasteiger partial charge in [-0.15, -0.1) is 0 Å². The van der Waals surface area contributed by atoms with Crippen LogP contribution in [0.2, 0.25) is 0 Å². The SMILES string of the molecule is CCCC1CCC(C2CCC(C(F)(F)Oc3ccc(-c4ccc(OC)c(C(F)(F)F)c4C(F)(F)F)c(F)c3F)CC2)CC1. The molecule has 0 atom stereocenters. The lowest BCUT2D eigenvalue weighted by atomic mass is 9.68. The molecule has 0 bridgehead atoms. The van der Waals surface area contributed by atoms with Gasteiger partial charge in [-0.05, 0) is 86.1 Å². The zero-order valence-electron chi connectivity index (χ0n) is 23.8. The van der Waals surface area contributed by atoms with Gasteiger partial charge in [-0.3, -0.25) is 0 Å². The Balaban J connectivity index is 1.53. The molecule has 2 aromatic rings. The van der Waals surface area contributed by atoms with Crippen LogP contribution in [0.15, 0.2) is 24.3 Å². The molecule has 2 fully saturated rings. The van der Waals surface area contributed by atoms with Crippen LogP contribution in [0.25, 0.3) is 11.1 Å². The zero-order valence-corrected chi connectivity index (χ0v) is 23.8. The molecule has 0 N–H and O–H groups in total. The van der Waals surface area contributed by atoms with Gasteiger partial charge in [-0.2, -0.15) is 39.5 Å². The summed E-state index contributed by atoms with van der Waals surface area (Å²) in [5, 5.41) is 0. The average molecular weight is 629 g/mol. The summed E-state index contributed by atoms with van der Waals surface area (Å²) in [5.74, 6) is -6.31. The van der Waals surface area contributed by atoms with E-state index < -0.39 is 69.8 Å². The number of benzene rings is 2. The first kappa shape index (κ1) is 33.2. The average Bonchev–Trinajstić information content (AvgIpc) is 2.94. The highest BCUT2D eigenvalue weighted by Gasteiger charge is 2.49. The molecule has 2 aromatic carbocycles. The quantitative estimate of drug-likeness (QED) is 0.271. The summed E-state index contributed by atoms with van der Waals surface area (Å²) in [7, 11) is 0.724. The van der Waals surface area contributed by atoms with E-state index in [0.717, 1.165) is 39.2 Å². The van der Waals surface area contributed by atoms with E-state index in [9.17, 15) is 30.7 Å². The minimum atomic E-state index is -5.66. The van der Waals surface area contributed by atoms with Crippen molar-refractivity contribution in [3.63, 3.8) is 0 Å². The molecule has 0 saturated heterocycles. The van der Waals surface area contributed by atoms with Gasteiger partial charge in [0.1, 0.15) is 11.3 Å². The summed E-state index contributed by atoms with van der Waals surface area (Å²) in [6, 6.07) is 2.03. The van der Waals surface area contributed by atoms with Crippen molar-refractivity contribution in [2.45, 2.75) is 89.6 Å². The first-order valence-corrected chi connectivity index (χ1v) is 14.5. The molecule has 0 unspecified atom stereocenters. The number of hydrogen-bond donors (Lipinski definition) is 0. The van der Waals surface area contributed by atoms with Gasteiger partial charge in [-0.25, -0.2) is 4.39 Å². The van der Waals surface area contributed by atoms with E-state index in [1.54, 1.807) is 0 Å². The van der Waals surface area contributed by atoms with Gasteiger partial charge in [0.25, 0.3) is 0 Å². The van der Waals surface area contributed by atoms with Gasteiger partial charge in [0, 0.05) is 5.56 Å². The molecule has 2 aliphatic rings. The van der Waals surface area contributed by atoms with Crippen LogP contribution in [-0.4, -0.2) is 13.2 Å². The van der Waals surface area contributed by atoms with E-state index in [4.69, 9.17) is 0 Å². The lowest BCUT2D eigenvalue weighted by Crippen LogP contribution is -2.38. The van der Waals surface area contributed by atoms with Crippen LogP contribution in [0.5, 0.6) is 11.5 Å². The number of halogens is 10. The molecule has 0 aliphatic heterocycles. The molecule has 0 heterocycles. The van der Waals surface area contributed by atoms with Gasteiger partial charge in [0.15, 0.2) is 11.6 Å². The molecule has 0 aromatic heterocycles. The molecule has 0 radical (unpaired) electrons. The second-order valence-corrected chi connectivity index (χ2v) is 11.6. The van der Waals surface area contributed by atoms with Crippen molar-refractivity contribution in [1.29, 1.82) is 0 Å². The van der Waals surface area contributed by atoms with Crippen LogP contribution in [0.1, 0.15) is 82.3 Å². The van der Waals surface area contributed by atoms with Crippen LogP contribution < -0.4 is 9.47 Å². The van der Waals surface area contributed by atoms with E-state index in [0.29, 0.717) is 54.9 Å². The highest BCUT2D eigenvalue weighted by atomic mass is 19.4. The Labute approximate surface area is 243 Å². The van der Waals surface area contributed by atoms with Gasteiger partial charge in [0.05, 0.1) is 18.6 Å². The van der Waals surface area contributed by atoms with Crippen molar-refractivity contribution < 1.29 is 53.4 Å². The maximum Gasteiger partial charge on any atom is 0.420 e. The van der Waals surface area contributed by atoms with Gasteiger partial charge in [0.2, 0.25) is 5.82 Å². The van der Waals surface area contributed by atoms with E-state index in [2.05, 4.69) is 16.4 Å². The largest absolute Gasteiger partial charge is 0.496 e. The molecular formula is C31H34F10O2. The lowest BCUT2D eigenvalue weighted by Gasteiger charge is -2.39. The summed E-state index contributed by atoms with van der Waals surface area (Å²) in [6.45, 7) is 2.15. The molecule has 12 heteroatoms. The molecule has 43 heavy (non-hydrogen) atoms. The Morgan fingerprint density at radius 3 is 1.67 bits per heavy atom. The number of alkyl halides is 8. The maximum atomic E-state index is 15.1. The molecule has 4 rings (SSSR count). The van der Waals surface area contributed by atoms with E-state index >= 15 is 13.2 Å². The predicted molar refractivity (Wildman–Crippen MR) is 140 cm³/mol. The second kappa shape index (κ2) is 12.8. The van der Waals surface area contributed by atoms with Gasteiger partial charge >= 0.3 is 18.5 Å². The first-order valence-electron chi connectivity index (χ1n) is 14.5. The summed E-state index contributed by atoms with van der Waals surface area (Å²) in [6.07, 6.45) is -7.09. The molecule has 2 aliphatic carbocycles. The Morgan fingerprint density at radius 1 is 0.651 bits per heavy atom. The minimum Gasteiger partial charge on any atom is -0.496 e. The monoisotopic (exact) mass is 628 g/mol. The fourth-order valence-electron chi connectivity index (χ4n) is 6.89. The number of ether oxygens (including phenoxy) is 2. The van der Waals surface area contributed by atoms with Crippen LogP contribution in [0.4, 0.5) is 43.9 Å². The standard InChI is InChI=1S/C31H34F10O2/c1-3-4-17-5-7-18(8-6-17)19-9-11-20(12-10-19)31(40,41)43-24-16-14-22(27(32)28(24)33)21-13-15-23(42-2)26(30(37,38)39)25(21)29(34,35)36/h13-20H,3-12H2,1-2H3. The molecule has 2 nitrogen and oxygen atoms in total. The van der Waals surface area contributed by atoms with E-state index in [1.165, 1.54) is 6.42 Å². The fourth-order valence-corrected chi connectivity index (χ4v) is 6.89. The molecule has 2 saturated carbocycles. The number of hydrogen-bond acceptors (Lipinski definition) is 2. The third-order valence-corrected chi connectivity index (χ3v) is 9.04. The van der Waals surface area contributed by atoms with Crippen molar-refractivity contribution in [3.8, 4) is 22.6 Å². The molecule has 0 spiro atoms. The summed E-state index contributed by atoms with van der Waals surface area (Å²) in [5.41, 5.74) is -7.07. The predicted octanol–water partition coefficient (Wildman–Crippen LogP) is 11.1. The number of methoxy groups -OCH3 is 1. The van der Waals surface area contributed by atoms with Crippen LogP contribution in [-0.2, 0) is 12.4 Å². The fraction of sp³-hybridized carbons (Fsp3) is 0.613. The van der Waals surface area contributed by atoms with Crippen LogP contribution >= 0.6 is 0 Å². The molecular weight excluding hydrogens is 594 g/mol. The van der Waals surface area contributed by atoms with Crippen molar-refractivity contribution in [2.75, 3.05) is 7.11 Å². The normalized spacial score (nSPS) is 23.7. The van der Waals surface area contributed by atoms with Crippen molar-refractivity contribution in [3.05, 3.63) is 47.0 Å². The van der Waals surface area contributed by atoms with Crippen molar-refractivity contribution >= 4 is 0 Å². The highest BCUT2D eigenvalue weighted by molar-refractivity contribution is 5.73. The molecule has 0 amide bonds. The molecule has 240 valence electrons. The first-order chi connectivity index (χ1) is 20.1. The summed E-state index contributed by atoms with van der Waals surface area (Å²) in [4.78, 5) is 0. The third-order valence-electron chi connectivity index (χ3n) is 9.04. The van der Waals surface area contributed by atoms with E-state index in [-0.39, 0.29) is 12.8 Å². The highest BCUT2D eigenvalue weighted by Crippen LogP contribution is 2.50. The Hall–Kier alpha value is -2.66. The van der Waals surface area contributed by atoms with E-state index in [1.807, 2.05) is 0 Å². The Bertz CT molecular complexity index is 1250. The van der Waals surface area contributed by atoms with Crippen LogP contribution in [0.3, 0.4) is 0 Å². The summed E-state index contributed by atoms with van der Waals surface area (Å²) >= 11 is 0. The van der Waals surface area contributed by atoms with Crippen molar-refractivity contribution in [1.82, 2.24) is 0 Å². The smallest absolute Gasteiger partial charge is 0.420 e. The topological polar surface area (TPSA) is 18.5 Å². The minimum absolute atomic E-state index is 0.107. The van der Waals surface area contributed by atoms with Gasteiger partial charge in [-0.1, -0.05) is 32.6 Å². The number of rotatable bonds is 8. The van der Waals surface area contributed by atoms with Crippen LogP contribution in [0, 0.1) is 35.3 Å². The second-order valence-electron chi connectivity index (χ2n) is 11.6. The Kier molecular flexibility index (Phi) is 9.86. The van der Waals surface area contributed by atoms with Gasteiger partial charge < -0.3 is 9.47 Å². The zero-order chi connectivity index (χ0) is 31.7. The lowest BCUT2D eigenvalue weighted by molar-refractivity contribution is -0.225. The Morgan fingerprint density at radius 2 is 1.16 bits per heavy atom. The van der Waals surface area contributed by atoms with Crippen molar-refractivity contribution in [2.24, 2.45) is 23.7 Å². The third kappa shape index (κ3) is 7.19. The maximum absolute atomic E-state index is 15.1. The summed E-state index contributed by atoms with van der Waals surface area (Å²) < 4.78 is 152.